The molecule has 1 fully saturated rings. The molecule has 0 aromatic heterocycles. The smallest absolute Gasteiger partial charge is 0.339 e. The Morgan fingerprint density at radius 3 is 2.48 bits per heavy atom. The van der Waals surface area contributed by atoms with Gasteiger partial charge in [-0.15, -0.1) is 0 Å². The zero-order chi connectivity index (χ0) is 17.6. The zero-order valence-electron chi connectivity index (χ0n) is 14.1. The van der Waals surface area contributed by atoms with Gasteiger partial charge in [0.2, 0.25) is 0 Å². The van der Waals surface area contributed by atoms with E-state index in [1.807, 2.05) is 54.6 Å². The minimum atomic E-state index is -0.628. The van der Waals surface area contributed by atoms with Crippen molar-refractivity contribution in [1.82, 2.24) is 0 Å². The zero-order valence-corrected chi connectivity index (χ0v) is 14.1. The van der Waals surface area contributed by atoms with Crippen LogP contribution in [0.15, 0.2) is 54.6 Å². The summed E-state index contributed by atoms with van der Waals surface area (Å²) >= 11 is 0. The van der Waals surface area contributed by atoms with Gasteiger partial charge in [0, 0.05) is 12.0 Å². The van der Waals surface area contributed by atoms with Crippen molar-refractivity contribution in [3.63, 3.8) is 0 Å². The minimum absolute atomic E-state index is 0.00180. The normalized spacial score (nSPS) is 17.4. The maximum absolute atomic E-state index is 12.8. The molecule has 0 spiro atoms. The van der Waals surface area contributed by atoms with Crippen LogP contribution in [0.25, 0.3) is 11.6 Å². The molecule has 1 atom stereocenters. The van der Waals surface area contributed by atoms with Gasteiger partial charge >= 0.3 is 5.97 Å². The molecule has 4 nitrogen and oxygen atoms in total. The fourth-order valence-electron chi connectivity index (χ4n) is 2.92. The highest BCUT2D eigenvalue weighted by molar-refractivity contribution is 6.22. The second kappa shape index (κ2) is 7.79. The van der Waals surface area contributed by atoms with Gasteiger partial charge in [-0.25, -0.2) is 4.79 Å². The number of para-hydroxylation sites is 1. The van der Waals surface area contributed by atoms with Crippen molar-refractivity contribution >= 4 is 23.4 Å². The third-order valence-electron chi connectivity index (χ3n) is 4.24. The highest BCUT2D eigenvalue weighted by Gasteiger charge is 2.29. The average molecular weight is 336 g/mol. The number of Topliss-reactive ketones (excluding diaryl/α,β-unsaturated/α-hetero) is 1. The number of ether oxygens (including phenoxy) is 2. The van der Waals surface area contributed by atoms with E-state index in [2.05, 4.69) is 0 Å². The van der Waals surface area contributed by atoms with E-state index in [4.69, 9.17) is 9.47 Å². The third-order valence-corrected chi connectivity index (χ3v) is 4.24. The van der Waals surface area contributed by atoms with Crippen LogP contribution in [-0.4, -0.2) is 25.0 Å². The van der Waals surface area contributed by atoms with Crippen molar-refractivity contribution in [1.29, 1.82) is 0 Å². The first kappa shape index (κ1) is 17.0. The summed E-state index contributed by atoms with van der Waals surface area (Å²) in [6.07, 6.45) is 2.97. The van der Waals surface area contributed by atoms with Gasteiger partial charge in [0.15, 0.2) is 11.9 Å². The number of esters is 1. The fourth-order valence-corrected chi connectivity index (χ4v) is 2.92. The van der Waals surface area contributed by atoms with Gasteiger partial charge < -0.3 is 9.47 Å². The molecule has 0 N–H and O–H groups in total. The molecule has 128 valence electrons. The van der Waals surface area contributed by atoms with Crippen LogP contribution in [0, 0.1) is 0 Å². The van der Waals surface area contributed by atoms with E-state index < -0.39 is 12.1 Å². The van der Waals surface area contributed by atoms with E-state index in [0.29, 0.717) is 24.2 Å². The summed E-state index contributed by atoms with van der Waals surface area (Å²) < 4.78 is 10.8. The van der Waals surface area contributed by atoms with Crippen LogP contribution in [0.4, 0.5) is 0 Å². The first-order chi connectivity index (χ1) is 12.2. The van der Waals surface area contributed by atoms with Gasteiger partial charge in [0.25, 0.3) is 0 Å². The second-order valence-electron chi connectivity index (χ2n) is 5.92. The molecule has 4 heteroatoms. The fraction of sp³-hybridized carbons (Fsp3) is 0.238. The number of methoxy groups -OCH3 is 1. The Hall–Kier alpha value is -2.88. The van der Waals surface area contributed by atoms with E-state index in [-0.39, 0.29) is 5.78 Å². The van der Waals surface area contributed by atoms with Crippen LogP contribution in [0.1, 0.15) is 30.4 Å². The molecule has 0 radical (unpaired) electrons. The Morgan fingerprint density at radius 1 is 1.08 bits per heavy atom. The van der Waals surface area contributed by atoms with Crippen molar-refractivity contribution in [2.45, 2.75) is 25.4 Å². The van der Waals surface area contributed by atoms with Crippen LogP contribution in [0.3, 0.4) is 0 Å². The van der Waals surface area contributed by atoms with Crippen molar-refractivity contribution in [3.05, 3.63) is 65.7 Å². The number of hydrogen-bond donors (Lipinski definition) is 0. The first-order valence-corrected chi connectivity index (χ1v) is 8.33. The lowest BCUT2D eigenvalue weighted by Gasteiger charge is -2.14. The Bertz CT molecular complexity index is 793. The number of ketones is 1. The van der Waals surface area contributed by atoms with Crippen LogP contribution >= 0.6 is 0 Å². The maximum atomic E-state index is 12.8. The number of hydrogen-bond acceptors (Lipinski definition) is 4. The van der Waals surface area contributed by atoms with Gasteiger partial charge in [-0.1, -0.05) is 48.5 Å². The summed E-state index contributed by atoms with van der Waals surface area (Å²) in [5.41, 5.74) is 1.92. The van der Waals surface area contributed by atoms with Gasteiger partial charge in [0.1, 0.15) is 5.75 Å². The summed E-state index contributed by atoms with van der Waals surface area (Å²) in [7, 11) is 1.59. The molecular weight excluding hydrogens is 316 g/mol. The number of carbonyl (C=O) groups is 2. The topological polar surface area (TPSA) is 52.6 Å². The Labute approximate surface area is 147 Å². The molecule has 1 saturated carbocycles. The van der Waals surface area contributed by atoms with E-state index in [1.165, 1.54) is 0 Å². The predicted molar refractivity (Wildman–Crippen MR) is 96.0 cm³/mol. The van der Waals surface area contributed by atoms with E-state index in [9.17, 15) is 9.59 Å². The molecule has 0 saturated heterocycles. The van der Waals surface area contributed by atoms with Crippen molar-refractivity contribution in [2.24, 2.45) is 0 Å². The largest absolute Gasteiger partial charge is 0.496 e. The van der Waals surface area contributed by atoms with Crippen LogP contribution < -0.4 is 4.74 Å². The minimum Gasteiger partial charge on any atom is -0.496 e. The Balaban J connectivity index is 1.96. The first-order valence-electron chi connectivity index (χ1n) is 8.33. The lowest BCUT2D eigenvalue weighted by atomic mass is 10.0. The summed E-state index contributed by atoms with van der Waals surface area (Å²) in [4.78, 5) is 24.6. The maximum Gasteiger partial charge on any atom is 0.339 e. The van der Waals surface area contributed by atoms with E-state index in [1.54, 1.807) is 13.2 Å². The summed E-state index contributed by atoms with van der Waals surface area (Å²) in [6, 6.07) is 16.7. The lowest BCUT2D eigenvalue weighted by Crippen LogP contribution is -2.22. The lowest BCUT2D eigenvalue weighted by molar-refractivity contribution is -0.147. The van der Waals surface area contributed by atoms with Crippen LogP contribution in [-0.2, 0) is 14.3 Å². The van der Waals surface area contributed by atoms with Gasteiger partial charge in [-0.3, -0.25) is 4.79 Å². The number of rotatable bonds is 5. The molecule has 2 aromatic rings. The molecular formula is C21H20O4. The Kier molecular flexibility index (Phi) is 5.29. The van der Waals surface area contributed by atoms with E-state index >= 15 is 0 Å². The van der Waals surface area contributed by atoms with Gasteiger partial charge in [-0.05, 0) is 30.5 Å². The van der Waals surface area contributed by atoms with Gasteiger partial charge in [0.05, 0.1) is 12.7 Å². The van der Waals surface area contributed by atoms with Crippen LogP contribution in [0.5, 0.6) is 5.75 Å². The number of benzene rings is 2. The van der Waals surface area contributed by atoms with Crippen molar-refractivity contribution < 1.29 is 19.1 Å². The molecule has 0 amide bonds. The molecule has 0 unspecified atom stereocenters. The molecule has 0 bridgehead atoms. The molecule has 1 aliphatic carbocycles. The monoisotopic (exact) mass is 336 g/mol. The summed E-state index contributed by atoms with van der Waals surface area (Å²) in [5, 5.41) is 0. The molecule has 3 rings (SSSR count). The standard InChI is InChI=1S/C21H20O4/c1-24-19-12-6-5-10-16(19)14-17(15-8-3-2-4-9-15)21(23)25-20-13-7-11-18(20)22/h2-6,8-10,12,14,20H,7,11,13H2,1H3/b17-14+/t20-/m0/s1. The molecule has 0 heterocycles. The van der Waals surface area contributed by atoms with E-state index in [0.717, 1.165) is 17.5 Å². The molecule has 2 aromatic carbocycles. The highest BCUT2D eigenvalue weighted by Crippen LogP contribution is 2.27. The summed E-state index contributed by atoms with van der Waals surface area (Å²) in [6.45, 7) is 0. The SMILES string of the molecule is COc1ccccc1/C=C(/C(=O)O[C@H]1CCCC1=O)c1ccccc1. The third kappa shape index (κ3) is 3.97. The molecule has 25 heavy (non-hydrogen) atoms. The summed E-state index contributed by atoms with van der Waals surface area (Å²) in [5.74, 6) is 0.177. The van der Waals surface area contributed by atoms with Gasteiger partial charge in [-0.2, -0.15) is 0 Å². The highest BCUT2D eigenvalue weighted by atomic mass is 16.5. The van der Waals surface area contributed by atoms with Crippen molar-refractivity contribution in [3.8, 4) is 5.75 Å². The van der Waals surface area contributed by atoms with Crippen LogP contribution in [0.2, 0.25) is 0 Å². The van der Waals surface area contributed by atoms with Crippen molar-refractivity contribution in [2.75, 3.05) is 7.11 Å². The average Bonchev–Trinajstić information content (AvgIpc) is 3.05. The molecule has 1 aliphatic rings. The Morgan fingerprint density at radius 2 is 1.80 bits per heavy atom. The quantitative estimate of drug-likeness (QED) is 0.472. The molecule has 0 aliphatic heterocycles. The predicted octanol–water partition coefficient (Wildman–Crippen LogP) is 3.90. The number of carbonyl (C=O) groups excluding carboxylic acids is 2. The second-order valence-corrected chi connectivity index (χ2v) is 5.92.